The normalized spacial score (nSPS) is 11.6. The van der Waals surface area contributed by atoms with Crippen LogP contribution in [0.25, 0.3) is 0 Å². The zero-order chi connectivity index (χ0) is 16.5. The van der Waals surface area contributed by atoms with E-state index in [4.69, 9.17) is 0 Å². The first kappa shape index (κ1) is 18.4. The molecule has 0 spiro atoms. The van der Waals surface area contributed by atoms with E-state index in [1.54, 1.807) is 6.20 Å². The van der Waals surface area contributed by atoms with Crippen molar-refractivity contribution in [2.45, 2.75) is 45.0 Å². The predicted molar refractivity (Wildman–Crippen MR) is 90.1 cm³/mol. The second-order valence-corrected chi connectivity index (χ2v) is 5.58. The third-order valence-electron chi connectivity index (χ3n) is 2.90. The number of hydrogen-bond acceptors (Lipinski definition) is 5. The summed E-state index contributed by atoms with van der Waals surface area (Å²) in [5, 5.41) is 6.71. The molecule has 0 aliphatic rings. The minimum absolute atomic E-state index is 0.277. The van der Waals surface area contributed by atoms with Crippen LogP contribution in [0.5, 0.6) is 0 Å². The Balaban J connectivity index is 2.83. The molecule has 1 unspecified atom stereocenters. The Hall–Kier alpha value is -1.63. The number of aromatic nitrogens is 1. The maximum atomic E-state index is 11.8. The maximum Gasteiger partial charge on any atom is 0.303 e. The molecule has 6 nitrogen and oxygen atoms in total. The quantitative estimate of drug-likeness (QED) is 0.542. The number of carbonyl (C=O) groups excluding carboxylic acids is 2. The Kier molecular flexibility index (Phi) is 7.87. The van der Waals surface area contributed by atoms with Gasteiger partial charge in [-0.25, -0.2) is 0 Å². The van der Waals surface area contributed by atoms with Gasteiger partial charge in [0.15, 0.2) is 6.61 Å². The molecule has 1 heterocycles. The summed E-state index contributed by atoms with van der Waals surface area (Å²) in [5.74, 6) is -0.882. The van der Waals surface area contributed by atoms with Crippen molar-refractivity contribution in [1.82, 2.24) is 4.98 Å². The van der Waals surface area contributed by atoms with Crippen molar-refractivity contribution in [3.8, 4) is 0 Å². The first-order valence-electron chi connectivity index (χ1n) is 7.20. The van der Waals surface area contributed by atoms with E-state index >= 15 is 0 Å². The number of ether oxygens (including phenoxy) is 1. The second kappa shape index (κ2) is 9.40. The van der Waals surface area contributed by atoms with Crippen LogP contribution in [0.4, 0.5) is 11.4 Å². The average molecular weight is 372 g/mol. The molecule has 122 valence electrons. The van der Waals surface area contributed by atoms with Crippen LogP contribution in [0.2, 0.25) is 0 Å². The average Bonchev–Trinajstić information content (AvgIpc) is 2.47. The Morgan fingerprint density at radius 2 is 2.14 bits per heavy atom. The highest BCUT2D eigenvalue weighted by molar-refractivity contribution is 9.08. The molecule has 1 aromatic heterocycles. The van der Waals surface area contributed by atoms with Gasteiger partial charge < -0.3 is 15.4 Å². The van der Waals surface area contributed by atoms with Crippen molar-refractivity contribution < 1.29 is 14.3 Å². The molecule has 1 rings (SSSR count). The lowest BCUT2D eigenvalue weighted by Gasteiger charge is -2.18. The summed E-state index contributed by atoms with van der Waals surface area (Å²) in [7, 11) is 0. The number of hydrogen-bond donors (Lipinski definition) is 2. The number of nitrogens with zero attached hydrogens (tertiary/aromatic N) is 1. The molecular weight excluding hydrogens is 350 g/mol. The number of esters is 1. The first-order chi connectivity index (χ1) is 10.5. The molecule has 0 fully saturated rings. The highest BCUT2D eigenvalue weighted by Crippen LogP contribution is 2.24. The molecule has 2 N–H and O–H groups in total. The van der Waals surface area contributed by atoms with Crippen LogP contribution in [0.1, 0.15) is 39.3 Å². The highest BCUT2D eigenvalue weighted by atomic mass is 79.9. The van der Waals surface area contributed by atoms with Crippen LogP contribution in [0.3, 0.4) is 0 Å². The van der Waals surface area contributed by atoms with Crippen molar-refractivity contribution >= 4 is 39.2 Å². The summed E-state index contributed by atoms with van der Waals surface area (Å²) in [6, 6.07) is 2.17. The summed E-state index contributed by atoms with van der Waals surface area (Å²) < 4.78 is 4.68. The molecule has 7 heteroatoms. The van der Waals surface area contributed by atoms with E-state index in [2.05, 4.69) is 50.1 Å². The third-order valence-corrected chi connectivity index (χ3v) is 3.48. The fourth-order valence-corrected chi connectivity index (χ4v) is 2.22. The van der Waals surface area contributed by atoms with Crippen molar-refractivity contribution in [3.63, 3.8) is 0 Å². The standard InChI is InChI=1S/C15H22BrN3O3/c1-4-5-10(2)18-13-6-12(7-16)17-8-14(13)19-15(21)9-22-11(3)20/h6,8,10H,4-5,7,9H2,1-3H3,(H,17,18)(H,19,21). The summed E-state index contributed by atoms with van der Waals surface area (Å²) in [6.07, 6.45) is 3.69. The van der Waals surface area contributed by atoms with Gasteiger partial charge in [-0.05, 0) is 19.4 Å². The molecule has 1 amide bonds. The Bertz CT molecular complexity index is 523. The van der Waals surface area contributed by atoms with E-state index in [1.165, 1.54) is 6.92 Å². The number of amides is 1. The van der Waals surface area contributed by atoms with Gasteiger partial charge in [-0.3, -0.25) is 14.6 Å². The lowest BCUT2D eigenvalue weighted by atomic mass is 10.2. The van der Waals surface area contributed by atoms with Crippen LogP contribution < -0.4 is 10.6 Å². The van der Waals surface area contributed by atoms with Gasteiger partial charge >= 0.3 is 5.97 Å². The summed E-state index contributed by atoms with van der Waals surface area (Å²) in [4.78, 5) is 26.8. The summed E-state index contributed by atoms with van der Waals surface area (Å²) >= 11 is 3.37. The smallest absolute Gasteiger partial charge is 0.303 e. The molecule has 0 radical (unpaired) electrons. The second-order valence-electron chi connectivity index (χ2n) is 5.02. The van der Waals surface area contributed by atoms with Gasteiger partial charge in [-0.2, -0.15) is 0 Å². The molecule has 0 aliphatic carbocycles. The number of pyridine rings is 1. The van der Waals surface area contributed by atoms with Crippen molar-refractivity contribution in [3.05, 3.63) is 18.0 Å². The molecule has 0 saturated heterocycles. The van der Waals surface area contributed by atoms with Gasteiger partial charge in [-0.15, -0.1) is 0 Å². The molecule has 1 aromatic rings. The SMILES string of the molecule is CCCC(C)Nc1cc(CBr)ncc1NC(=O)COC(C)=O. The summed E-state index contributed by atoms with van der Waals surface area (Å²) in [6.45, 7) is 5.16. The number of rotatable bonds is 8. The van der Waals surface area contributed by atoms with E-state index in [0.717, 1.165) is 24.2 Å². The molecular formula is C15H22BrN3O3. The topological polar surface area (TPSA) is 80.3 Å². The molecule has 0 bridgehead atoms. The van der Waals surface area contributed by atoms with Gasteiger partial charge in [-0.1, -0.05) is 29.3 Å². The van der Waals surface area contributed by atoms with Gasteiger partial charge in [0.05, 0.1) is 23.3 Å². The fraction of sp³-hybridized carbons (Fsp3) is 0.533. The lowest BCUT2D eigenvalue weighted by Crippen LogP contribution is -2.22. The molecule has 0 aromatic carbocycles. The van der Waals surface area contributed by atoms with Crippen molar-refractivity contribution in [2.75, 3.05) is 17.2 Å². The first-order valence-corrected chi connectivity index (χ1v) is 8.33. The minimum Gasteiger partial charge on any atom is -0.456 e. The Morgan fingerprint density at radius 1 is 1.41 bits per heavy atom. The van der Waals surface area contributed by atoms with Crippen LogP contribution in [-0.2, 0) is 19.7 Å². The molecule has 1 atom stereocenters. The van der Waals surface area contributed by atoms with Crippen molar-refractivity contribution in [1.29, 1.82) is 0 Å². The van der Waals surface area contributed by atoms with E-state index in [9.17, 15) is 9.59 Å². The number of nitrogens with one attached hydrogen (secondary N) is 2. The molecule has 22 heavy (non-hydrogen) atoms. The van der Waals surface area contributed by atoms with Crippen molar-refractivity contribution in [2.24, 2.45) is 0 Å². The van der Waals surface area contributed by atoms with E-state index in [0.29, 0.717) is 11.0 Å². The van der Waals surface area contributed by atoms with Gasteiger partial charge in [0, 0.05) is 18.3 Å². The van der Waals surface area contributed by atoms with Crippen LogP contribution in [-0.4, -0.2) is 29.5 Å². The number of anilines is 2. The van der Waals surface area contributed by atoms with E-state index in [-0.39, 0.29) is 12.6 Å². The monoisotopic (exact) mass is 371 g/mol. The summed E-state index contributed by atoms with van der Waals surface area (Å²) in [5.41, 5.74) is 2.25. The predicted octanol–water partition coefficient (Wildman–Crippen LogP) is 3.08. The maximum absolute atomic E-state index is 11.8. The fourth-order valence-electron chi connectivity index (χ4n) is 1.91. The Morgan fingerprint density at radius 3 is 2.73 bits per heavy atom. The molecule has 0 saturated carbocycles. The zero-order valence-corrected chi connectivity index (χ0v) is 14.7. The highest BCUT2D eigenvalue weighted by Gasteiger charge is 2.12. The molecule has 0 aliphatic heterocycles. The van der Waals surface area contributed by atoms with Crippen LogP contribution in [0.15, 0.2) is 12.3 Å². The van der Waals surface area contributed by atoms with Crippen LogP contribution >= 0.6 is 15.9 Å². The third kappa shape index (κ3) is 6.43. The lowest BCUT2D eigenvalue weighted by molar-refractivity contribution is -0.144. The van der Waals surface area contributed by atoms with Gasteiger partial charge in [0.2, 0.25) is 0 Å². The van der Waals surface area contributed by atoms with Gasteiger partial charge in [0.25, 0.3) is 5.91 Å². The largest absolute Gasteiger partial charge is 0.456 e. The van der Waals surface area contributed by atoms with Gasteiger partial charge in [0.1, 0.15) is 0 Å². The number of alkyl halides is 1. The number of halogens is 1. The zero-order valence-electron chi connectivity index (χ0n) is 13.1. The van der Waals surface area contributed by atoms with E-state index < -0.39 is 11.9 Å². The van der Waals surface area contributed by atoms with E-state index in [1.807, 2.05) is 6.07 Å². The van der Waals surface area contributed by atoms with Crippen LogP contribution in [0, 0.1) is 0 Å². The number of carbonyl (C=O) groups is 2. The Labute approximate surface area is 139 Å². The minimum atomic E-state index is -0.488.